The standard InChI is InChI=1S/C20H25N3O3/c1-13-7-8-17-15(11-13)19(14-5-3-4-6-16(14)23-17)20(25)22-12-18(24)21-9-10-26-2/h7-8,11H,3-6,9-10,12H2,1-2H3,(H,21,24)(H,22,25). The highest BCUT2D eigenvalue weighted by Crippen LogP contribution is 2.29. The smallest absolute Gasteiger partial charge is 0.252 e. The molecule has 1 aliphatic rings. The summed E-state index contributed by atoms with van der Waals surface area (Å²) in [5.41, 5.74) is 4.65. The molecule has 0 spiro atoms. The number of nitrogens with one attached hydrogen (secondary N) is 2. The number of rotatable bonds is 6. The number of carbonyl (C=O) groups is 2. The fourth-order valence-electron chi connectivity index (χ4n) is 3.40. The van der Waals surface area contributed by atoms with Gasteiger partial charge in [-0.15, -0.1) is 0 Å². The van der Waals surface area contributed by atoms with Gasteiger partial charge in [0.15, 0.2) is 0 Å². The number of carbonyl (C=O) groups excluding carboxylic acids is 2. The summed E-state index contributed by atoms with van der Waals surface area (Å²) in [6.07, 6.45) is 3.91. The van der Waals surface area contributed by atoms with Gasteiger partial charge in [-0.25, -0.2) is 0 Å². The van der Waals surface area contributed by atoms with Crippen LogP contribution in [0.25, 0.3) is 10.9 Å². The molecule has 1 aliphatic carbocycles. The number of ether oxygens (including phenoxy) is 1. The minimum absolute atomic E-state index is 0.0487. The number of aromatic nitrogens is 1. The van der Waals surface area contributed by atoms with Crippen molar-refractivity contribution in [1.82, 2.24) is 15.6 Å². The van der Waals surface area contributed by atoms with Crippen LogP contribution in [0.1, 0.15) is 40.0 Å². The number of fused-ring (bicyclic) bond motifs is 2. The quantitative estimate of drug-likeness (QED) is 0.776. The Bertz CT molecular complexity index is 833. The van der Waals surface area contributed by atoms with Crippen LogP contribution in [-0.4, -0.2) is 43.6 Å². The molecule has 138 valence electrons. The van der Waals surface area contributed by atoms with Gasteiger partial charge in [0.05, 0.1) is 24.2 Å². The van der Waals surface area contributed by atoms with Gasteiger partial charge in [-0.3, -0.25) is 14.6 Å². The van der Waals surface area contributed by atoms with Crippen LogP contribution >= 0.6 is 0 Å². The third kappa shape index (κ3) is 4.02. The van der Waals surface area contributed by atoms with E-state index in [1.54, 1.807) is 7.11 Å². The zero-order chi connectivity index (χ0) is 18.5. The number of aryl methyl sites for hydroxylation is 2. The summed E-state index contributed by atoms with van der Waals surface area (Å²) < 4.78 is 4.90. The topological polar surface area (TPSA) is 80.3 Å². The lowest BCUT2D eigenvalue weighted by molar-refractivity contribution is -0.120. The van der Waals surface area contributed by atoms with Crippen molar-refractivity contribution >= 4 is 22.7 Å². The van der Waals surface area contributed by atoms with Crippen LogP contribution in [0.3, 0.4) is 0 Å². The third-order valence-electron chi connectivity index (χ3n) is 4.68. The molecule has 2 amide bonds. The first-order valence-electron chi connectivity index (χ1n) is 9.06. The van der Waals surface area contributed by atoms with Gasteiger partial charge >= 0.3 is 0 Å². The summed E-state index contributed by atoms with van der Waals surface area (Å²) in [6, 6.07) is 5.98. The second kappa shape index (κ2) is 8.27. The predicted octanol–water partition coefficient (Wildman–Crippen LogP) is 1.91. The van der Waals surface area contributed by atoms with Crippen LogP contribution in [0.5, 0.6) is 0 Å². The van der Waals surface area contributed by atoms with Crippen molar-refractivity contribution in [3.63, 3.8) is 0 Å². The zero-order valence-electron chi connectivity index (χ0n) is 15.4. The molecule has 26 heavy (non-hydrogen) atoms. The van der Waals surface area contributed by atoms with Crippen molar-refractivity contribution in [3.8, 4) is 0 Å². The molecule has 1 aromatic heterocycles. The molecular formula is C20H25N3O3. The van der Waals surface area contributed by atoms with E-state index in [9.17, 15) is 9.59 Å². The third-order valence-corrected chi connectivity index (χ3v) is 4.68. The Kier molecular flexibility index (Phi) is 5.83. The number of amides is 2. The van der Waals surface area contributed by atoms with E-state index >= 15 is 0 Å². The van der Waals surface area contributed by atoms with Crippen LogP contribution < -0.4 is 10.6 Å². The number of nitrogens with zero attached hydrogens (tertiary/aromatic N) is 1. The molecule has 0 saturated carbocycles. The maximum Gasteiger partial charge on any atom is 0.252 e. The average Bonchev–Trinajstić information content (AvgIpc) is 2.64. The number of hydrogen-bond donors (Lipinski definition) is 2. The molecular weight excluding hydrogens is 330 g/mol. The molecule has 1 heterocycles. The van der Waals surface area contributed by atoms with Gasteiger partial charge in [0.1, 0.15) is 0 Å². The van der Waals surface area contributed by atoms with Crippen molar-refractivity contribution in [3.05, 3.63) is 40.6 Å². The number of methoxy groups -OCH3 is 1. The maximum atomic E-state index is 12.9. The molecule has 0 radical (unpaired) electrons. The highest BCUT2D eigenvalue weighted by atomic mass is 16.5. The van der Waals surface area contributed by atoms with Crippen LogP contribution in [0.4, 0.5) is 0 Å². The van der Waals surface area contributed by atoms with Gasteiger partial charge in [-0.05, 0) is 50.3 Å². The number of hydrogen-bond acceptors (Lipinski definition) is 4. The fourth-order valence-corrected chi connectivity index (χ4v) is 3.40. The largest absolute Gasteiger partial charge is 0.383 e. The van der Waals surface area contributed by atoms with Crippen LogP contribution in [0, 0.1) is 6.92 Å². The molecule has 0 bridgehead atoms. The first-order chi connectivity index (χ1) is 12.6. The Balaban J connectivity index is 1.86. The number of benzene rings is 1. The summed E-state index contributed by atoms with van der Waals surface area (Å²) in [5.74, 6) is -0.429. The Hall–Kier alpha value is -2.47. The molecule has 2 aromatic rings. The van der Waals surface area contributed by atoms with E-state index in [0.29, 0.717) is 18.7 Å². The van der Waals surface area contributed by atoms with Crippen LogP contribution in [-0.2, 0) is 22.4 Å². The van der Waals surface area contributed by atoms with Crippen molar-refractivity contribution in [1.29, 1.82) is 0 Å². The van der Waals surface area contributed by atoms with Gasteiger partial charge in [-0.1, -0.05) is 11.6 Å². The van der Waals surface area contributed by atoms with E-state index < -0.39 is 0 Å². The highest BCUT2D eigenvalue weighted by molar-refractivity contribution is 6.08. The minimum Gasteiger partial charge on any atom is -0.383 e. The van der Waals surface area contributed by atoms with Crippen LogP contribution in [0.2, 0.25) is 0 Å². The molecule has 0 aliphatic heterocycles. The minimum atomic E-state index is -0.223. The Morgan fingerprint density at radius 1 is 1.19 bits per heavy atom. The van der Waals surface area contributed by atoms with E-state index in [2.05, 4.69) is 10.6 Å². The van der Waals surface area contributed by atoms with Gasteiger partial charge in [0.25, 0.3) is 5.91 Å². The van der Waals surface area contributed by atoms with Crippen molar-refractivity contribution in [2.75, 3.05) is 26.8 Å². The van der Waals surface area contributed by atoms with E-state index in [1.807, 2.05) is 25.1 Å². The molecule has 6 nitrogen and oxygen atoms in total. The first kappa shape index (κ1) is 18.3. The van der Waals surface area contributed by atoms with Gasteiger partial charge in [-0.2, -0.15) is 0 Å². The summed E-state index contributed by atoms with van der Waals surface area (Å²) in [5, 5.41) is 6.34. The summed E-state index contributed by atoms with van der Waals surface area (Å²) >= 11 is 0. The second-order valence-electron chi connectivity index (χ2n) is 6.67. The molecule has 0 atom stereocenters. The van der Waals surface area contributed by atoms with Gasteiger partial charge in [0.2, 0.25) is 5.91 Å². The van der Waals surface area contributed by atoms with E-state index in [-0.39, 0.29) is 18.4 Å². The summed E-state index contributed by atoms with van der Waals surface area (Å²) in [6.45, 7) is 2.83. The molecule has 3 rings (SSSR count). The fraction of sp³-hybridized carbons (Fsp3) is 0.450. The summed E-state index contributed by atoms with van der Waals surface area (Å²) in [7, 11) is 1.58. The van der Waals surface area contributed by atoms with E-state index in [1.165, 1.54) is 0 Å². The lowest BCUT2D eigenvalue weighted by Gasteiger charge is -2.20. The highest BCUT2D eigenvalue weighted by Gasteiger charge is 2.23. The molecule has 1 aromatic carbocycles. The van der Waals surface area contributed by atoms with Crippen molar-refractivity contribution < 1.29 is 14.3 Å². The molecule has 0 unspecified atom stereocenters. The predicted molar refractivity (Wildman–Crippen MR) is 100 cm³/mol. The average molecular weight is 355 g/mol. The van der Waals surface area contributed by atoms with E-state index in [0.717, 1.165) is 53.4 Å². The number of pyridine rings is 1. The lowest BCUT2D eigenvalue weighted by atomic mass is 9.89. The normalized spacial score (nSPS) is 13.3. The monoisotopic (exact) mass is 355 g/mol. The molecule has 6 heteroatoms. The SMILES string of the molecule is COCCNC(=O)CNC(=O)c1c2c(nc3ccc(C)cc13)CCCC2. The zero-order valence-corrected chi connectivity index (χ0v) is 15.4. The summed E-state index contributed by atoms with van der Waals surface area (Å²) in [4.78, 5) is 29.6. The second-order valence-corrected chi connectivity index (χ2v) is 6.67. The molecule has 0 fully saturated rings. The maximum absolute atomic E-state index is 12.9. The molecule has 2 N–H and O–H groups in total. The Morgan fingerprint density at radius 2 is 2.00 bits per heavy atom. The van der Waals surface area contributed by atoms with Gasteiger partial charge in [0, 0.05) is 24.7 Å². The first-order valence-corrected chi connectivity index (χ1v) is 9.06. The Morgan fingerprint density at radius 3 is 2.81 bits per heavy atom. The van der Waals surface area contributed by atoms with E-state index in [4.69, 9.17) is 9.72 Å². The van der Waals surface area contributed by atoms with Gasteiger partial charge < -0.3 is 15.4 Å². The van der Waals surface area contributed by atoms with Crippen LogP contribution in [0.15, 0.2) is 18.2 Å². The van der Waals surface area contributed by atoms with Crippen molar-refractivity contribution in [2.45, 2.75) is 32.6 Å². The van der Waals surface area contributed by atoms with Crippen molar-refractivity contribution in [2.24, 2.45) is 0 Å². The molecule has 0 saturated heterocycles. The lowest BCUT2D eigenvalue weighted by Crippen LogP contribution is -2.38. The Labute approximate surface area is 153 Å².